The summed E-state index contributed by atoms with van der Waals surface area (Å²) < 4.78 is 15.1. The predicted octanol–water partition coefficient (Wildman–Crippen LogP) is 3.68. The van der Waals surface area contributed by atoms with Gasteiger partial charge in [-0.25, -0.2) is 9.59 Å². The van der Waals surface area contributed by atoms with Crippen LogP contribution in [0.2, 0.25) is 0 Å². The zero-order valence-corrected chi connectivity index (χ0v) is 20.0. The van der Waals surface area contributed by atoms with Gasteiger partial charge in [-0.3, -0.25) is 0 Å². The molecule has 1 atom stereocenters. The van der Waals surface area contributed by atoms with Crippen molar-refractivity contribution in [1.29, 1.82) is 5.26 Å². The maximum atomic E-state index is 12.7. The molecule has 0 aliphatic rings. The van der Waals surface area contributed by atoms with E-state index in [9.17, 15) is 14.9 Å². The summed E-state index contributed by atoms with van der Waals surface area (Å²) in [5.41, 5.74) is 1.54. The predicted molar refractivity (Wildman–Crippen MR) is 125 cm³/mol. The first-order valence-corrected chi connectivity index (χ1v) is 10.8. The third kappa shape index (κ3) is 6.33. The average molecular weight is 453 g/mol. The van der Waals surface area contributed by atoms with Crippen molar-refractivity contribution >= 4 is 11.9 Å². The van der Waals surface area contributed by atoms with Gasteiger partial charge in [0.05, 0.1) is 33.0 Å². The van der Waals surface area contributed by atoms with Gasteiger partial charge in [0, 0.05) is 6.54 Å². The van der Waals surface area contributed by atoms with Gasteiger partial charge in [-0.05, 0) is 74.7 Å². The van der Waals surface area contributed by atoms with E-state index in [2.05, 4.69) is 23.1 Å². The lowest BCUT2D eigenvalue weighted by Gasteiger charge is -2.26. The molecule has 7 heteroatoms. The Hall–Kier alpha value is -3.37. The van der Waals surface area contributed by atoms with Crippen molar-refractivity contribution in [3.8, 4) is 11.8 Å². The van der Waals surface area contributed by atoms with Crippen molar-refractivity contribution in [3.63, 3.8) is 0 Å². The second kappa shape index (κ2) is 12.0. The highest BCUT2D eigenvalue weighted by Gasteiger charge is 2.42. The van der Waals surface area contributed by atoms with Crippen LogP contribution in [-0.2, 0) is 26.1 Å². The fourth-order valence-electron chi connectivity index (χ4n) is 3.88. The number of hydrogen-bond acceptors (Lipinski definition) is 7. The quantitative estimate of drug-likeness (QED) is 0.481. The monoisotopic (exact) mass is 452 g/mol. The average Bonchev–Trinajstić information content (AvgIpc) is 2.84. The molecule has 7 nitrogen and oxygen atoms in total. The molecule has 2 rings (SSSR count). The highest BCUT2D eigenvalue weighted by atomic mass is 16.5. The first kappa shape index (κ1) is 25.9. The molecule has 0 spiro atoms. The van der Waals surface area contributed by atoms with Gasteiger partial charge in [-0.15, -0.1) is 0 Å². The molecular weight excluding hydrogens is 420 g/mol. The number of aryl methyl sites for hydroxylation is 1. The van der Waals surface area contributed by atoms with E-state index >= 15 is 0 Å². The number of nitriles is 1. The molecule has 0 aromatic heterocycles. The molecule has 0 saturated carbocycles. The number of hydrogen-bond donors (Lipinski definition) is 0. The molecule has 0 N–H and O–H groups in total. The summed E-state index contributed by atoms with van der Waals surface area (Å²) in [6, 6.07) is 14.7. The zero-order valence-electron chi connectivity index (χ0n) is 20.0. The first-order valence-electron chi connectivity index (χ1n) is 10.8. The lowest BCUT2D eigenvalue weighted by Crippen LogP contribution is -2.37. The molecule has 0 fully saturated rings. The van der Waals surface area contributed by atoms with E-state index in [1.807, 2.05) is 20.0 Å². The fraction of sp³-hybridized carbons (Fsp3) is 0.423. The number of carbonyl (C=O) groups is 2. The summed E-state index contributed by atoms with van der Waals surface area (Å²) >= 11 is 0. The Morgan fingerprint density at radius 3 is 2.42 bits per heavy atom. The molecular formula is C26H32N2O5. The Kier molecular flexibility index (Phi) is 9.43. The third-order valence-corrected chi connectivity index (χ3v) is 5.83. The number of methoxy groups -OCH3 is 3. The van der Waals surface area contributed by atoms with Crippen LogP contribution in [0.4, 0.5) is 0 Å². The minimum atomic E-state index is -1.49. The molecule has 176 valence electrons. The smallest absolute Gasteiger partial charge is 0.337 e. The van der Waals surface area contributed by atoms with Crippen LogP contribution >= 0.6 is 0 Å². The van der Waals surface area contributed by atoms with Crippen molar-refractivity contribution < 1.29 is 23.8 Å². The van der Waals surface area contributed by atoms with Crippen LogP contribution in [0, 0.1) is 18.3 Å². The molecule has 0 aliphatic carbocycles. The Morgan fingerprint density at radius 2 is 1.82 bits per heavy atom. The fourth-order valence-corrected chi connectivity index (χ4v) is 3.88. The normalized spacial score (nSPS) is 12.5. The second-order valence-corrected chi connectivity index (χ2v) is 8.04. The summed E-state index contributed by atoms with van der Waals surface area (Å²) in [5.74, 6) is -0.288. The lowest BCUT2D eigenvalue weighted by atomic mass is 9.77. The molecule has 0 radical (unpaired) electrons. The highest BCUT2D eigenvalue weighted by molar-refractivity contribution is 5.91. The van der Waals surface area contributed by atoms with Gasteiger partial charge < -0.3 is 19.1 Å². The van der Waals surface area contributed by atoms with Gasteiger partial charge in [-0.1, -0.05) is 24.3 Å². The second-order valence-electron chi connectivity index (χ2n) is 8.04. The standard InChI is InChI=1S/C26H32N2O5/c1-19-16-20(10-11-23(19)31-3)12-15-28(2)14-7-13-26(18-27,25(30)33-5)22-9-6-8-21(17-22)24(29)32-4/h6,8-11,16-17H,7,12-15H2,1-5H3. The Bertz CT molecular complexity index is 1010. The topological polar surface area (TPSA) is 88.9 Å². The van der Waals surface area contributed by atoms with E-state index in [1.165, 1.54) is 25.8 Å². The van der Waals surface area contributed by atoms with Crippen molar-refractivity contribution in [1.82, 2.24) is 4.90 Å². The summed E-state index contributed by atoms with van der Waals surface area (Å²) in [4.78, 5) is 26.8. The SMILES string of the molecule is COC(=O)c1cccc(C(C#N)(CCCN(C)CCc2ccc(OC)c(C)c2)C(=O)OC)c1. The first-order chi connectivity index (χ1) is 15.8. The van der Waals surface area contributed by atoms with E-state index in [-0.39, 0.29) is 12.0 Å². The Balaban J connectivity index is 2.06. The number of ether oxygens (including phenoxy) is 3. The van der Waals surface area contributed by atoms with E-state index in [4.69, 9.17) is 14.2 Å². The molecule has 0 heterocycles. The van der Waals surface area contributed by atoms with Gasteiger partial charge in [0.1, 0.15) is 5.75 Å². The number of benzene rings is 2. The Morgan fingerprint density at radius 1 is 1.06 bits per heavy atom. The molecule has 0 amide bonds. The van der Waals surface area contributed by atoms with Crippen molar-refractivity contribution in [2.75, 3.05) is 41.5 Å². The molecule has 0 bridgehead atoms. The zero-order chi connectivity index (χ0) is 24.4. The van der Waals surface area contributed by atoms with Crippen LogP contribution in [-0.4, -0.2) is 58.3 Å². The largest absolute Gasteiger partial charge is 0.496 e. The summed E-state index contributed by atoms with van der Waals surface area (Å²) in [5, 5.41) is 10.0. The van der Waals surface area contributed by atoms with E-state index in [1.54, 1.807) is 25.3 Å². The molecule has 33 heavy (non-hydrogen) atoms. The number of nitrogens with zero attached hydrogens (tertiary/aromatic N) is 2. The molecule has 1 unspecified atom stereocenters. The molecule has 0 saturated heterocycles. The maximum Gasteiger partial charge on any atom is 0.337 e. The van der Waals surface area contributed by atoms with Gasteiger partial charge in [0.15, 0.2) is 5.41 Å². The minimum Gasteiger partial charge on any atom is -0.496 e. The van der Waals surface area contributed by atoms with Crippen LogP contribution in [0.1, 0.15) is 39.9 Å². The highest BCUT2D eigenvalue weighted by Crippen LogP contribution is 2.31. The summed E-state index contributed by atoms with van der Waals surface area (Å²) in [6.07, 6.45) is 1.75. The lowest BCUT2D eigenvalue weighted by molar-refractivity contribution is -0.145. The summed E-state index contributed by atoms with van der Waals surface area (Å²) in [7, 11) is 6.23. The number of rotatable bonds is 11. The number of likely N-dealkylation sites (N-methyl/N-ethyl adjacent to an activating group) is 1. The maximum absolute atomic E-state index is 12.7. The van der Waals surface area contributed by atoms with Crippen molar-refractivity contribution in [2.45, 2.75) is 31.6 Å². The number of carbonyl (C=O) groups excluding carboxylic acids is 2. The number of esters is 2. The van der Waals surface area contributed by atoms with Crippen LogP contribution in [0.5, 0.6) is 5.75 Å². The van der Waals surface area contributed by atoms with Gasteiger partial charge in [-0.2, -0.15) is 5.26 Å². The minimum absolute atomic E-state index is 0.271. The van der Waals surface area contributed by atoms with Crippen LogP contribution in [0.3, 0.4) is 0 Å². The van der Waals surface area contributed by atoms with Crippen LogP contribution in [0.25, 0.3) is 0 Å². The van der Waals surface area contributed by atoms with Crippen LogP contribution < -0.4 is 4.74 Å². The Labute approximate surface area is 195 Å². The summed E-state index contributed by atoms with van der Waals surface area (Å²) in [6.45, 7) is 3.56. The van der Waals surface area contributed by atoms with E-state index in [0.717, 1.165) is 24.3 Å². The van der Waals surface area contributed by atoms with Gasteiger partial charge in [0.2, 0.25) is 0 Å². The van der Waals surface area contributed by atoms with Crippen molar-refractivity contribution in [2.24, 2.45) is 0 Å². The molecule has 0 aliphatic heterocycles. The molecule has 2 aromatic rings. The van der Waals surface area contributed by atoms with Gasteiger partial charge in [0.25, 0.3) is 0 Å². The van der Waals surface area contributed by atoms with Gasteiger partial charge >= 0.3 is 11.9 Å². The van der Waals surface area contributed by atoms with E-state index < -0.39 is 17.4 Å². The molecule has 2 aromatic carbocycles. The van der Waals surface area contributed by atoms with Crippen LogP contribution in [0.15, 0.2) is 42.5 Å². The van der Waals surface area contributed by atoms with Crippen molar-refractivity contribution in [3.05, 3.63) is 64.7 Å². The third-order valence-electron chi connectivity index (χ3n) is 5.83. The van der Waals surface area contributed by atoms with E-state index in [0.29, 0.717) is 18.5 Å².